The number of likely N-dealkylation sites (tertiary alicyclic amines) is 1. The van der Waals surface area contributed by atoms with Gasteiger partial charge in [-0.05, 0) is 55.6 Å². The highest BCUT2D eigenvalue weighted by molar-refractivity contribution is 6.09. The smallest absolute Gasteiger partial charge is 0.325 e. The van der Waals surface area contributed by atoms with Gasteiger partial charge in [0.05, 0.1) is 0 Å². The molecule has 0 unspecified atom stereocenters. The fraction of sp³-hybridized carbons (Fsp3) is 0.571. The lowest BCUT2D eigenvalue weighted by molar-refractivity contribution is -0.140. The molecular weight excluding hydrogens is 342 g/mol. The summed E-state index contributed by atoms with van der Waals surface area (Å²) >= 11 is 0. The van der Waals surface area contributed by atoms with E-state index in [1.54, 1.807) is 4.90 Å². The molecule has 2 atom stereocenters. The normalized spacial score (nSPS) is 28.1. The van der Waals surface area contributed by atoms with E-state index in [0.717, 1.165) is 48.1 Å². The van der Waals surface area contributed by atoms with Gasteiger partial charge in [-0.3, -0.25) is 14.5 Å². The number of piperidine rings is 1. The van der Waals surface area contributed by atoms with E-state index in [0.29, 0.717) is 25.4 Å². The van der Waals surface area contributed by atoms with Crippen molar-refractivity contribution in [3.63, 3.8) is 0 Å². The van der Waals surface area contributed by atoms with Gasteiger partial charge in [0.1, 0.15) is 12.1 Å². The molecule has 27 heavy (non-hydrogen) atoms. The van der Waals surface area contributed by atoms with Crippen LogP contribution in [0.2, 0.25) is 0 Å². The molecule has 4 amide bonds. The Morgan fingerprint density at radius 1 is 1.22 bits per heavy atom. The number of fused-ring (bicyclic) bond motifs is 2. The van der Waals surface area contributed by atoms with Crippen molar-refractivity contribution in [1.82, 2.24) is 15.1 Å². The number of benzene rings is 1. The van der Waals surface area contributed by atoms with Crippen molar-refractivity contribution in [2.45, 2.75) is 51.0 Å². The number of hydrogen-bond acceptors (Lipinski definition) is 3. The van der Waals surface area contributed by atoms with E-state index in [9.17, 15) is 14.4 Å². The summed E-state index contributed by atoms with van der Waals surface area (Å²) in [6, 6.07) is 7.41. The molecule has 6 heteroatoms. The molecule has 0 saturated carbocycles. The van der Waals surface area contributed by atoms with Crippen LogP contribution in [0.25, 0.3) is 0 Å². The number of aryl methyl sites for hydroxylation is 1. The van der Waals surface area contributed by atoms with E-state index in [1.807, 2.05) is 24.3 Å². The molecule has 1 aliphatic carbocycles. The maximum absolute atomic E-state index is 13.4. The summed E-state index contributed by atoms with van der Waals surface area (Å²) in [7, 11) is 0. The Labute approximate surface area is 159 Å². The first-order chi connectivity index (χ1) is 13.0. The van der Waals surface area contributed by atoms with Gasteiger partial charge in [0, 0.05) is 13.1 Å². The number of carbonyl (C=O) groups excluding carboxylic acids is 3. The van der Waals surface area contributed by atoms with Crippen molar-refractivity contribution in [3.8, 4) is 0 Å². The Balaban J connectivity index is 1.58. The minimum Gasteiger partial charge on any atom is -0.341 e. The van der Waals surface area contributed by atoms with Gasteiger partial charge < -0.3 is 10.2 Å². The Morgan fingerprint density at radius 2 is 2.04 bits per heavy atom. The second kappa shape index (κ2) is 6.98. The third-order valence-electron chi connectivity index (χ3n) is 6.20. The molecular formula is C21H27N3O3. The highest BCUT2D eigenvalue weighted by Gasteiger charge is 2.53. The molecule has 2 saturated heterocycles. The minimum atomic E-state index is -1.01. The summed E-state index contributed by atoms with van der Waals surface area (Å²) in [5.74, 6) is 0.0511. The van der Waals surface area contributed by atoms with Crippen molar-refractivity contribution in [3.05, 3.63) is 35.4 Å². The monoisotopic (exact) mass is 369 g/mol. The third kappa shape index (κ3) is 3.11. The summed E-state index contributed by atoms with van der Waals surface area (Å²) in [5, 5.41) is 2.95. The molecule has 144 valence electrons. The average molecular weight is 369 g/mol. The molecule has 0 aromatic heterocycles. The number of hydrogen-bond donors (Lipinski definition) is 1. The topological polar surface area (TPSA) is 69.7 Å². The van der Waals surface area contributed by atoms with E-state index in [2.05, 4.69) is 12.2 Å². The Bertz CT molecular complexity index is 778. The highest BCUT2D eigenvalue weighted by Crippen LogP contribution is 2.39. The molecule has 0 radical (unpaired) electrons. The van der Waals surface area contributed by atoms with Gasteiger partial charge in [-0.25, -0.2) is 4.79 Å². The average Bonchev–Trinajstić information content (AvgIpc) is 2.81. The maximum Gasteiger partial charge on any atom is 0.325 e. The lowest BCUT2D eigenvalue weighted by Crippen LogP contribution is -2.47. The Hall–Kier alpha value is -2.37. The first-order valence-electron chi connectivity index (χ1n) is 10.0. The predicted molar refractivity (Wildman–Crippen MR) is 101 cm³/mol. The molecule has 2 heterocycles. The van der Waals surface area contributed by atoms with Crippen LogP contribution in [-0.4, -0.2) is 47.3 Å². The van der Waals surface area contributed by atoms with Crippen molar-refractivity contribution < 1.29 is 14.4 Å². The van der Waals surface area contributed by atoms with Crippen LogP contribution in [0.15, 0.2) is 24.3 Å². The van der Waals surface area contributed by atoms with E-state index < -0.39 is 11.6 Å². The number of nitrogens with zero attached hydrogens (tertiary/aromatic N) is 2. The molecule has 2 aliphatic heterocycles. The largest absolute Gasteiger partial charge is 0.341 e. The molecule has 1 aromatic carbocycles. The zero-order valence-electron chi connectivity index (χ0n) is 15.9. The van der Waals surface area contributed by atoms with Crippen molar-refractivity contribution >= 4 is 17.8 Å². The lowest BCUT2D eigenvalue weighted by atomic mass is 9.84. The molecule has 3 aliphatic rings. The predicted octanol–water partition coefficient (Wildman–Crippen LogP) is 2.42. The summed E-state index contributed by atoms with van der Waals surface area (Å²) in [6.45, 7) is 3.38. The van der Waals surface area contributed by atoms with Crippen LogP contribution < -0.4 is 5.32 Å². The molecule has 1 spiro atoms. The van der Waals surface area contributed by atoms with Crippen LogP contribution in [0.4, 0.5) is 4.79 Å². The first kappa shape index (κ1) is 18.0. The van der Waals surface area contributed by atoms with Gasteiger partial charge in [-0.15, -0.1) is 0 Å². The molecule has 0 bridgehead atoms. The summed E-state index contributed by atoms with van der Waals surface area (Å²) < 4.78 is 0. The summed E-state index contributed by atoms with van der Waals surface area (Å²) in [4.78, 5) is 41.7. The van der Waals surface area contributed by atoms with Gasteiger partial charge in [-0.1, -0.05) is 31.2 Å². The lowest BCUT2D eigenvalue weighted by Gasteiger charge is -2.32. The summed E-state index contributed by atoms with van der Waals surface area (Å²) in [5.41, 5.74) is 0.990. The van der Waals surface area contributed by atoms with Crippen molar-refractivity contribution in [2.75, 3.05) is 19.6 Å². The molecule has 4 rings (SSSR count). The fourth-order valence-corrected chi connectivity index (χ4v) is 4.77. The number of amides is 4. The number of imide groups is 1. The minimum absolute atomic E-state index is 0.135. The Morgan fingerprint density at radius 3 is 2.85 bits per heavy atom. The van der Waals surface area contributed by atoms with Crippen LogP contribution in [0.3, 0.4) is 0 Å². The quantitative estimate of drug-likeness (QED) is 0.814. The molecule has 1 N–H and O–H groups in total. The van der Waals surface area contributed by atoms with Crippen LogP contribution in [0.1, 0.15) is 50.2 Å². The van der Waals surface area contributed by atoms with Gasteiger partial charge in [-0.2, -0.15) is 0 Å². The van der Waals surface area contributed by atoms with Gasteiger partial charge in [0.2, 0.25) is 5.91 Å². The van der Waals surface area contributed by atoms with Gasteiger partial charge in [0.25, 0.3) is 5.91 Å². The van der Waals surface area contributed by atoms with E-state index in [-0.39, 0.29) is 18.4 Å². The molecule has 1 aromatic rings. The number of nitrogens with one attached hydrogen (secondary N) is 1. The van der Waals surface area contributed by atoms with E-state index in [1.165, 1.54) is 0 Å². The Kier molecular flexibility index (Phi) is 4.66. The van der Waals surface area contributed by atoms with Crippen LogP contribution in [0.5, 0.6) is 0 Å². The van der Waals surface area contributed by atoms with E-state index >= 15 is 0 Å². The fourth-order valence-electron chi connectivity index (χ4n) is 4.77. The molecule has 2 fully saturated rings. The van der Waals surface area contributed by atoms with Gasteiger partial charge >= 0.3 is 6.03 Å². The third-order valence-corrected chi connectivity index (χ3v) is 6.20. The summed E-state index contributed by atoms with van der Waals surface area (Å²) in [6.07, 6.45) is 5.45. The van der Waals surface area contributed by atoms with Crippen molar-refractivity contribution in [2.24, 2.45) is 5.92 Å². The SMILES string of the molecule is C[C@@H]1CCCN(C(=O)CN2C(=O)N[C@]3(CCCCc4ccccc43)C2=O)C1. The van der Waals surface area contributed by atoms with Crippen LogP contribution >= 0.6 is 0 Å². The number of urea groups is 1. The van der Waals surface area contributed by atoms with E-state index in [4.69, 9.17) is 0 Å². The number of rotatable bonds is 2. The second-order valence-corrected chi connectivity index (χ2v) is 8.18. The maximum atomic E-state index is 13.4. The zero-order chi connectivity index (χ0) is 19.0. The second-order valence-electron chi connectivity index (χ2n) is 8.18. The van der Waals surface area contributed by atoms with Gasteiger partial charge in [0.15, 0.2) is 0 Å². The zero-order valence-corrected chi connectivity index (χ0v) is 15.9. The highest BCUT2D eigenvalue weighted by atomic mass is 16.2. The van der Waals surface area contributed by atoms with Crippen LogP contribution in [-0.2, 0) is 21.5 Å². The number of carbonyl (C=O) groups is 3. The van der Waals surface area contributed by atoms with Crippen molar-refractivity contribution in [1.29, 1.82) is 0 Å². The molecule has 6 nitrogen and oxygen atoms in total. The van der Waals surface area contributed by atoms with Crippen LogP contribution in [0, 0.1) is 5.92 Å². The first-order valence-corrected chi connectivity index (χ1v) is 10.0. The standard InChI is InChI=1S/C21H27N3O3/c1-15-7-6-12-23(13-15)18(25)14-24-19(26)21(22-20(24)27)11-5-4-9-16-8-2-3-10-17(16)21/h2-3,8,10,15H,4-7,9,11-14H2,1H3,(H,22,27)/t15-,21+/m1/s1.